The molecule has 104 valence electrons. The van der Waals surface area contributed by atoms with Gasteiger partial charge in [0.2, 0.25) is 0 Å². The first-order valence-corrected chi connectivity index (χ1v) is 6.85. The molecule has 0 saturated carbocycles. The third-order valence-electron chi connectivity index (χ3n) is 2.84. The fourth-order valence-electron chi connectivity index (χ4n) is 1.84. The number of carbonyl (C=O) groups is 1. The fraction of sp³-hybridized carbons (Fsp3) is 0.462. The van der Waals surface area contributed by atoms with E-state index in [0.29, 0.717) is 29.0 Å². The number of hydrogen-bond acceptors (Lipinski definition) is 3. The molecule has 1 N–H and O–H groups in total. The van der Waals surface area contributed by atoms with Crippen molar-refractivity contribution in [3.63, 3.8) is 0 Å². The van der Waals surface area contributed by atoms with Gasteiger partial charge < -0.3 is 14.8 Å². The molecule has 1 heterocycles. The molecule has 0 aromatic heterocycles. The lowest BCUT2D eigenvalue weighted by Gasteiger charge is -2.23. The van der Waals surface area contributed by atoms with Gasteiger partial charge in [-0.25, -0.2) is 0 Å². The second kappa shape index (κ2) is 6.98. The maximum absolute atomic E-state index is 11.7. The highest BCUT2D eigenvalue weighted by molar-refractivity contribution is 6.34. The van der Waals surface area contributed by atoms with Gasteiger partial charge in [0, 0.05) is 30.3 Å². The molecule has 0 radical (unpaired) electrons. The standard InChI is InChI=1S/C13H15Cl2NO3/c14-9-1-2-11(15)12(7-9)19-8-13(17)16-10-3-5-18-6-4-10/h1-2,7,10H,3-6,8H2,(H,16,17). The van der Waals surface area contributed by atoms with E-state index in [2.05, 4.69) is 5.32 Å². The van der Waals surface area contributed by atoms with Crippen LogP contribution in [0.1, 0.15) is 12.8 Å². The van der Waals surface area contributed by atoms with Crippen LogP contribution in [0.2, 0.25) is 10.0 Å². The molecular weight excluding hydrogens is 289 g/mol. The van der Waals surface area contributed by atoms with E-state index in [1.54, 1.807) is 18.2 Å². The zero-order valence-corrected chi connectivity index (χ0v) is 11.8. The highest BCUT2D eigenvalue weighted by Crippen LogP contribution is 2.27. The molecule has 2 rings (SSSR count). The first kappa shape index (κ1) is 14.4. The Morgan fingerprint density at radius 2 is 2.11 bits per heavy atom. The largest absolute Gasteiger partial charge is 0.482 e. The van der Waals surface area contributed by atoms with Gasteiger partial charge >= 0.3 is 0 Å². The molecule has 1 fully saturated rings. The van der Waals surface area contributed by atoms with Crippen LogP contribution in [-0.2, 0) is 9.53 Å². The molecule has 1 aromatic carbocycles. The quantitative estimate of drug-likeness (QED) is 0.930. The van der Waals surface area contributed by atoms with Crippen molar-refractivity contribution in [3.8, 4) is 5.75 Å². The lowest BCUT2D eigenvalue weighted by Crippen LogP contribution is -2.41. The topological polar surface area (TPSA) is 47.6 Å². The van der Waals surface area contributed by atoms with Crippen molar-refractivity contribution in [2.24, 2.45) is 0 Å². The van der Waals surface area contributed by atoms with Crippen LogP contribution in [0, 0.1) is 0 Å². The normalized spacial score (nSPS) is 16.1. The van der Waals surface area contributed by atoms with Gasteiger partial charge in [-0.1, -0.05) is 23.2 Å². The van der Waals surface area contributed by atoms with Crippen molar-refractivity contribution < 1.29 is 14.3 Å². The van der Waals surface area contributed by atoms with Gasteiger partial charge in [0.1, 0.15) is 5.75 Å². The molecule has 1 aliphatic rings. The molecule has 1 saturated heterocycles. The molecule has 0 atom stereocenters. The second-order valence-electron chi connectivity index (χ2n) is 4.32. The first-order valence-electron chi connectivity index (χ1n) is 6.10. The Bertz CT molecular complexity index is 448. The molecule has 0 spiro atoms. The van der Waals surface area contributed by atoms with E-state index in [-0.39, 0.29) is 18.6 Å². The number of carbonyl (C=O) groups excluding carboxylic acids is 1. The van der Waals surface area contributed by atoms with Gasteiger partial charge in [-0.15, -0.1) is 0 Å². The van der Waals surface area contributed by atoms with Crippen LogP contribution < -0.4 is 10.1 Å². The number of nitrogens with one attached hydrogen (secondary N) is 1. The van der Waals surface area contributed by atoms with Crippen LogP contribution >= 0.6 is 23.2 Å². The van der Waals surface area contributed by atoms with Crippen LogP contribution in [-0.4, -0.2) is 31.8 Å². The van der Waals surface area contributed by atoms with Crippen LogP contribution in [0.4, 0.5) is 0 Å². The maximum atomic E-state index is 11.7. The lowest BCUT2D eigenvalue weighted by molar-refractivity contribution is -0.124. The molecule has 1 aliphatic heterocycles. The van der Waals surface area contributed by atoms with Crippen molar-refractivity contribution in [1.29, 1.82) is 0 Å². The SMILES string of the molecule is O=C(COc1cc(Cl)ccc1Cl)NC1CCOCC1. The van der Waals surface area contributed by atoms with Gasteiger partial charge in [-0.2, -0.15) is 0 Å². The molecular formula is C13H15Cl2NO3. The second-order valence-corrected chi connectivity index (χ2v) is 5.16. The Hall–Kier alpha value is -0.970. The predicted octanol–water partition coefficient (Wildman–Crippen LogP) is 2.67. The first-order chi connectivity index (χ1) is 9.15. The molecule has 4 nitrogen and oxygen atoms in total. The third kappa shape index (κ3) is 4.56. The smallest absolute Gasteiger partial charge is 0.258 e. The number of benzene rings is 1. The summed E-state index contributed by atoms with van der Waals surface area (Å²) in [6.07, 6.45) is 1.67. The summed E-state index contributed by atoms with van der Waals surface area (Å²) in [7, 11) is 0. The number of halogens is 2. The molecule has 19 heavy (non-hydrogen) atoms. The van der Waals surface area contributed by atoms with Crippen LogP contribution in [0.15, 0.2) is 18.2 Å². The lowest BCUT2D eigenvalue weighted by atomic mass is 10.1. The van der Waals surface area contributed by atoms with Gasteiger partial charge in [0.05, 0.1) is 5.02 Å². The van der Waals surface area contributed by atoms with E-state index in [1.807, 2.05) is 0 Å². The fourth-order valence-corrected chi connectivity index (χ4v) is 2.18. The average Bonchev–Trinajstić information content (AvgIpc) is 2.41. The number of amides is 1. The Kier molecular flexibility index (Phi) is 5.31. The summed E-state index contributed by atoms with van der Waals surface area (Å²) in [5, 5.41) is 3.85. The zero-order valence-electron chi connectivity index (χ0n) is 10.3. The molecule has 0 aliphatic carbocycles. The van der Waals surface area contributed by atoms with E-state index < -0.39 is 0 Å². The summed E-state index contributed by atoms with van der Waals surface area (Å²) in [6, 6.07) is 5.06. The minimum atomic E-state index is -0.164. The molecule has 1 aromatic rings. The van der Waals surface area contributed by atoms with Gasteiger partial charge in [0.15, 0.2) is 6.61 Å². The molecule has 1 amide bonds. The third-order valence-corrected chi connectivity index (χ3v) is 3.39. The van der Waals surface area contributed by atoms with E-state index in [1.165, 1.54) is 0 Å². The van der Waals surface area contributed by atoms with Crippen molar-refractivity contribution in [2.45, 2.75) is 18.9 Å². The van der Waals surface area contributed by atoms with Crippen molar-refractivity contribution >= 4 is 29.1 Å². The minimum absolute atomic E-state index is 0.0720. The van der Waals surface area contributed by atoms with Crippen molar-refractivity contribution in [1.82, 2.24) is 5.32 Å². The minimum Gasteiger partial charge on any atom is -0.482 e. The molecule has 0 bridgehead atoms. The van der Waals surface area contributed by atoms with E-state index in [4.69, 9.17) is 32.7 Å². The monoisotopic (exact) mass is 303 g/mol. The highest BCUT2D eigenvalue weighted by atomic mass is 35.5. The van der Waals surface area contributed by atoms with E-state index in [9.17, 15) is 4.79 Å². The van der Waals surface area contributed by atoms with Gasteiger partial charge in [0.25, 0.3) is 5.91 Å². The Labute approximate surface area is 122 Å². The van der Waals surface area contributed by atoms with E-state index >= 15 is 0 Å². The van der Waals surface area contributed by atoms with Crippen LogP contribution in [0.3, 0.4) is 0 Å². The summed E-state index contributed by atoms with van der Waals surface area (Å²) < 4.78 is 10.6. The van der Waals surface area contributed by atoms with Crippen LogP contribution in [0.25, 0.3) is 0 Å². The summed E-state index contributed by atoms with van der Waals surface area (Å²) in [5.74, 6) is 0.249. The van der Waals surface area contributed by atoms with Crippen LogP contribution in [0.5, 0.6) is 5.75 Å². The summed E-state index contributed by atoms with van der Waals surface area (Å²) in [4.78, 5) is 11.7. The average molecular weight is 304 g/mol. The summed E-state index contributed by atoms with van der Waals surface area (Å²) >= 11 is 11.8. The summed E-state index contributed by atoms with van der Waals surface area (Å²) in [6.45, 7) is 1.30. The summed E-state index contributed by atoms with van der Waals surface area (Å²) in [5.41, 5.74) is 0. The Morgan fingerprint density at radius 1 is 1.37 bits per heavy atom. The zero-order chi connectivity index (χ0) is 13.7. The predicted molar refractivity (Wildman–Crippen MR) is 73.9 cm³/mol. The molecule has 6 heteroatoms. The van der Waals surface area contributed by atoms with Gasteiger partial charge in [-0.3, -0.25) is 4.79 Å². The number of rotatable bonds is 4. The van der Waals surface area contributed by atoms with E-state index in [0.717, 1.165) is 12.8 Å². The highest BCUT2D eigenvalue weighted by Gasteiger charge is 2.16. The van der Waals surface area contributed by atoms with Gasteiger partial charge in [-0.05, 0) is 25.0 Å². The Morgan fingerprint density at radius 3 is 2.84 bits per heavy atom. The van der Waals surface area contributed by atoms with Crippen molar-refractivity contribution in [2.75, 3.05) is 19.8 Å². The Balaban J connectivity index is 1.81. The number of hydrogen-bond donors (Lipinski definition) is 1. The van der Waals surface area contributed by atoms with Crippen molar-refractivity contribution in [3.05, 3.63) is 28.2 Å². The maximum Gasteiger partial charge on any atom is 0.258 e. The number of ether oxygens (including phenoxy) is 2. The molecule has 0 unspecified atom stereocenters.